The van der Waals surface area contributed by atoms with Crippen LogP contribution in [0.5, 0.6) is 5.75 Å². The number of nitrogens with one attached hydrogen (secondary N) is 1. The van der Waals surface area contributed by atoms with Crippen LogP contribution in [0.3, 0.4) is 0 Å². The first kappa shape index (κ1) is 29.5. The third-order valence-electron chi connectivity index (χ3n) is 7.54. The molecule has 1 N–H and O–H groups in total. The van der Waals surface area contributed by atoms with Crippen LogP contribution in [0.2, 0.25) is 0 Å². The van der Waals surface area contributed by atoms with Crippen molar-refractivity contribution >= 4 is 21.6 Å². The van der Waals surface area contributed by atoms with Gasteiger partial charge in [-0.05, 0) is 52.9 Å². The highest BCUT2D eigenvalue weighted by atomic mass is 32.2. The topological polar surface area (TPSA) is 78.9 Å². The van der Waals surface area contributed by atoms with Gasteiger partial charge in [-0.1, -0.05) is 92.7 Å². The molecule has 0 bridgehead atoms. The fourth-order valence-electron chi connectivity index (χ4n) is 5.38. The van der Waals surface area contributed by atoms with E-state index in [1.54, 1.807) is 28.6 Å². The Bertz CT molecular complexity index is 1530. The van der Waals surface area contributed by atoms with Crippen LogP contribution < -0.4 is 10.1 Å². The molecule has 0 saturated carbocycles. The normalized spacial score (nSPS) is 14.7. The molecule has 218 valence electrons. The molecule has 0 aromatic heterocycles. The number of carbonyl (C=O) groups excluding carboxylic acids is 1. The van der Waals surface area contributed by atoms with Gasteiger partial charge in [0.15, 0.2) is 6.61 Å². The van der Waals surface area contributed by atoms with Crippen LogP contribution in [-0.4, -0.2) is 56.3 Å². The second-order valence-electron chi connectivity index (χ2n) is 10.7. The van der Waals surface area contributed by atoms with Crippen molar-refractivity contribution < 1.29 is 17.9 Å². The number of anilines is 1. The maximum atomic E-state index is 13.5. The Morgan fingerprint density at radius 2 is 1.31 bits per heavy atom. The molecule has 4 aromatic rings. The zero-order chi connectivity index (χ0) is 29.5. The number of para-hydroxylation sites is 1. The minimum Gasteiger partial charge on any atom is -0.483 e. The van der Waals surface area contributed by atoms with Crippen LogP contribution in [0.25, 0.3) is 0 Å². The SMILES string of the molecule is CC(C)c1ccccc1OCC(=O)Nc1ccc(S(=O)(=O)N2CCN(C(c3ccccc3)c3ccccc3)CC2)cc1. The lowest BCUT2D eigenvalue weighted by atomic mass is 9.96. The number of piperazine rings is 1. The number of ether oxygens (including phenoxy) is 1. The van der Waals surface area contributed by atoms with Gasteiger partial charge in [-0.25, -0.2) is 8.42 Å². The molecule has 1 aliphatic rings. The van der Waals surface area contributed by atoms with Crippen molar-refractivity contribution in [1.82, 2.24) is 9.21 Å². The van der Waals surface area contributed by atoms with E-state index in [9.17, 15) is 13.2 Å². The number of amides is 1. The minimum atomic E-state index is -3.68. The highest BCUT2D eigenvalue weighted by Crippen LogP contribution is 2.31. The maximum Gasteiger partial charge on any atom is 0.262 e. The molecule has 42 heavy (non-hydrogen) atoms. The highest BCUT2D eigenvalue weighted by Gasteiger charge is 2.32. The summed E-state index contributed by atoms with van der Waals surface area (Å²) in [5.41, 5.74) is 3.92. The molecule has 7 nitrogen and oxygen atoms in total. The average Bonchev–Trinajstić information content (AvgIpc) is 3.02. The summed E-state index contributed by atoms with van der Waals surface area (Å²) in [7, 11) is -3.68. The van der Waals surface area contributed by atoms with E-state index in [0.717, 1.165) is 5.56 Å². The Hall–Kier alpha value is -3.98. The van der Waals surface area contributed by atoms with Crippen molar-refractivity contribution in [3.05, 3.63) is 126 Å². The van der Waals surface area contributed by atoms with Crippen LogP contribution in [0.4, 0.5) is 5.69 Å². The van der Waals surface area contributed by atoms with E-state index in [1.807, 2.05) is 60.7 Å². The molecule has 0 atom stereocenters. The van der Waals surface area contributed by atoms with Gasteiger partial charge < -0.3 is 10.1 Å². The molecular formula is C34H37N3O4S. The molecule has 0 aliphatic carbocycles. The molecule has 1 heterocycles. The molecule has 0 spiro atoms. The Morgan fingerprint density at radius 1 is 0.762 bits per heavy atom. The van der Waals surface area contributed by atoms with Gasteiger partial charge in [0.2, 0.25) is 10.0 Å². The van der Waals surface area contributed by atoms with E-state index >= 15 is 0 Å². The van der Waals surface area contributed by atoms with E-state index in [4.69, 9.17) is 4.74 Å². The molecule has 1 fully saturated rings. The van der Waals surface area contributed by atoms with Crippen LogP contribution in [0.15, 0.2) is 114 Å². The largest absolute Gasteiger partial charge is 0.483 e. The Kier molecular flexibility index (Phi) is 9.37. The number of hydrogen-bond acceptors (Lipinski definition) is 5. The third kappa shape index (κ3) is 6.90. The predicted molar refractivity (Wildman–Crippen MR) is 166 cm³/mol. The molecule has 8 heteroatoms. The lowest BCUT2D eigenvalue weighted by Crippen LogP contribution is -2.49. The van der Waals surface area contributed by atoms with Crippen molar-refractivity contribution in [2.24, 2.45) is 0 Å². The van der Waals surface area contributed by atoms with Gasteiger partial charge in [-0.15, -0.1) is 0 Å². The maximum absolute atomic E-state index is 13.5. The summed E-state index contributed by atoms with van der Waals surface area (Å²) >= 11 is 0. The fraction of sp³-hybridized carbons (Fsp3) is 0.265. The third-order valence-corrected chi connectivity index (χ3v) is 9.46. The van der Waals surface area contributed by atoms with E-state index in [1.165, 1.54) is 11.1 Å². The quantitative estimate of drug-likeness (QED) is 0.251. The zero-order valence-corrected chi connectivity index (χ0v) is 24.8. The van der Waals surface area contributed by atoms with E-state index in [2.05, 4.69) is 48.3 Å². The van der Waals surface area contributed by atoms with Crippen molar-refractivity contribution in [2.45, 2.75) is 30.7 Å². The van der Waals surface area contributed by atoms with Gasteiger partial charge in [0.1, 0.15) is 5.75 Å². The molecular weight excluding hydrogens is 546 g/mol. The highest BCUT2D eigenvalue weighted by molar-refractivity contribution is 7.89. The van der Waals surface area contributed by atoms with E-state index in [0.29, 0.717) is 37.6 Å². The summed E-state index contributed by atoms with van der Waals surface area (Å²) in [6.45, 7) is 6.02. The summed E-state index contributed by atoms with van der Waals surface area (Å²) in [5.74, 6) is 0.644. The van der Waals surface area contributed by atoms with Crippen LogP contribution in [0, 0.1) is 0 Å². The minimum absolute atomic E-state index is 0.0583. The Morgan fingerprint density at radius 3 is 1.88 bits per heavy atom. The lowest BCUT2D eigenvalue weighted by Gasteiger charge is -2.39. The van der Waals surface area contributed by atoms with Crippen molar-refractivity contribution in [3.63, 3.8) is 0 Å². The van der Waals surface area contributed by atoms with Crippen LogP contribution in [-0.2, 0) is 14.8 Å². The summed E-state index contributed by atoms with van der Waals surface area (Å²) < 4.78 is 34.3. The summed E-state index contributed by atoms with van der Waals surface area (Å²) in [4.78, 5) is 15.1. The van der Waals surface area contributed by atoms with E-state index < -0.39 is 10.0 Å². The summed E-state index contributed by atoms with van der Waals surface area (Å²) in [6, 6.07) is 34.7. The van der Waals surface area contributed by atoms with Gasteiger partial charge in [0.05, 0.1) is 10.9 Å². The standard InChI is InChI=1S/C34H37N3O4S/c1-26(2)31-15-9-10-16-32(31)41-25-33(38)35-29-17-19-30(20-18-29)42(39,40)37-23-21-36(22-24-37)34(27-11-5-3-6-12-27)28-13-7-4-8-14-28/h3-20,26,34H,21-25H2,1-2H3,(H,35,38). The molecule has 0 radical (unpaired) electrons. The fourth-order valence-corrected chi connectivity index (χ4v) is 6.80. The van der Waals surface area contributed by atoms with Crippen LogP contribution in [0.1, 0.15) is 42.5 Å². The van der Waals surface area contributed by atoms with Crippen molar-refractivity contribution in [3.8, 4) is 5.75 Å². The molecule has 1 aliphatic heterocycles. The Balaban J connectivity index is 1.19. The summed E-state index contributed by atoms with van der Waals surface area (Å²) in [5, 5.41) is 2.79. The second-order valence-corrected chi connectivity index (χ2v) is 12.7. The number of hydrogen-bond donors (Lipinski definition) is 1. The first-order valence-electron chi connectivity index (χ1n) is 14.3. The molecule has 1 saturated heterocycles. The molecule has 0 unspecified atom stereocenters. The van der Waals surface area contributed by atoms with Gasteiger partial charge in [0.25, 0.3) is 5.91 Å². The monoisotopic (exact) mass is 583 g/mol. The van der Waals surface area contributed by atoms with Gasteiger partial charge in [-0.3, -0.25) is 9.69 Å². The molecule has 4 aromatic carbocycles. The number of sulfonamides is 1. The van der Waals surface area contributed by atoms with Gasteiger partial charge >= 0.3 is 0 Å². The molecule has 1 amide bonds. The van der Waals surface area contributed by atoms with Gasteiger partial charge in [-0.2, -0.15) is 4.31 Å². The van der Waals surface area contributed by atoms with Crippen molar-refractivity contribution in [1.29, 1.82) is 0 Å². The van der Waals surface area contributed by atoms with Gasteiger partial charge in [0, 0.05) is 31.9 Å². The number of rotatable bonds is 10. The average molecular weight is 584 g/mol. The zero-order valence-electron chi connectivity index (χ0n) is 24.0. The first-order valence-corrected chi connectivity index (χ1v) is 15.7. The lowest BCUT2D eigenvalue weighted by molar-refractivity contribution is -0.118. The second kappa shape index (κ2) is 13.3. The smallest absolute Gasteiger partial charge is 0.262 e. The van der Waals surface area contributed by atoms with E-state index in [-0.39, 0.29) is 29.4 Å². The number of benzene rings is 4. The molecule has 5 rings (SSSR count). The predicted octanol–water partition coefficient (Wildman–Crippen LogP) is 5.92. The van der Waals surface area contributed by atoms with Crippen molar-refractivity contribution in [2.75, 3.05) is 38.1 Å². The van der Waals surface area contributed by atoms with Crippen LogP contribution >= 0.6 is 0 Å². The number of carbonyl (C=O) groups is 1. The first-order chi connectivity index (χ1) is 20.3. The number of nitrogens with zero attached hydrogens (tertiary/aromatic N) is 2. The summed E-state index contributed by atoms with van der Waals surface area (Å²) in [6.07, 6.45) is 0. The Labute approximate surface area is 248 Å².